The number of aryl methyl sites for hydroxylation is 2. The molecule has 1 aromatic carbocycles. The zero-order valence-corrected chi connectivity index (χ0v) is 14.5. The van der Waals surface area contributed by atoms with Crippen LogP contribution in [0.2, 0.25) is 0 Å². The normalized spacial score (nSPS) is 11.4. The van der Waals surface area contributed by atoms with Gasteiger partial charge >= 0.3 is 0 Å². The lowest BCUT2D eigenvalue weighted by molar-refractivity contribution is 0.103. The number of amidine groups is 1. The Labute approximate surface area is 150 Å². The SMILES string of the molecule is C=C(NC(=Nc1cc(C)[nH]n1)c1cccn1C)C(=O)c1ccc(F)cc1. The van der Waals surface area contributed by atoms with E-state index in [2.05, 4.69) is 27.1 Å². The van der Waals surface area contributed by atoms with Crippen LogP contribution in [0.25, 0.3) is 0 Å². The highest BCUT2D eigenvalue weighted by Crippen LogP contribution is 2.13. The summed E-state index contributed by atoms with van der Waals surface area (Å²) in [6.07, 6.45) is 1.87. The van der Waals surface area contributed by atoms with Gasteiger partial charge in [0.25, 0.3) is 0 Å². The molecule has 0 aliphatic heterocycles. The van der Waals surface area contributed by atoms with Crippen molar-refractivity contribution in [3.8, 4) is 0 Å². The molecule has 3 rings (SSSR count). The zero-order chi connectivity index (χ0) is 18.7. The Morgan fingerprint density at radius 2 is 2.04 bits per heavy atom. The number of aliphatic imine (C=N–C) groups is 1. The Bertz CT molecular complexity index is 982. The zero-order valence-electron chi connectivity index (χ0n) is 14.5. The fourth-order valence-electron chi connectivity index (χ4n) is 2.41. The van der Waals surface area contributed by atoms with Crippen molar-refractivity contribution in [2.45, 2.75) is 6.92 Å². The summed E-state index contributed by atoms with van der Waals surface area (Å²) in [5, 5.41) is 9.89. The first-order valence-corrected chi connectivity index (χ1v) is 7.92. The van der Waals surface area contributed by atoms with Crippen molar-refractivity contribution in [2.75, 3.05) is 0 Å². The average molecular weight is 351 g/mol. The molecule has 0 aliphatic carbocycles. The van der Waals surface area contributed by atoms with Crippen molar-refractivity contribution in [2.24, 2.45) is 12.0 Å². The van der Waals surface area contributed by atoms with Gasteiger partial charge < -0.3 is 9.88 Å². The standard InChI is InChI=1S/C19H18FN5O/c1-12-11-17(24-23-12)22-19(16-5-4-10-25(16)3)21-13(2)18(26)14-6-8-15(20)9-7-14/h4-11H,2H2,1,3H3,(H2,21,22,23,24). The third-order valence-corrected chi connectivity index (χ3v) is 3.75. The van der Waals surface area contributed by atoms with Crippen molar-refractivity contribution in [1.29, 1.82) is 0 Å². The van der Waals surface area contributed by atoms with Crippen molar-refractivity contribution < 1.29 is 9.18 Å². The van der Waals surface area contributed by atoms with E-state index in [9.17, 15) is 9.18 Å². The fraction of sp³-hybridized carbons (Fsp3) is 0.105. The van der Waals surface area contributed by atoms with Gasteiger partial charge in [0.05, 0.1) is 11.4 Å². The van der Waals surface area contributed by atoms with Gasteiger partial charge in [0.1, 0.15) is 5.82 Å². The van der Waals surface area contributed by atoms with Crippen molar-refractivity contribution in [3.63, 3.8) is 0 Å². The van der Waals surface area contributed by atoms with E-state index >= 15 is 0 Å². The number of hydrogen-bond donors (Lipinski definition) is 2. The Morgan fingerprint density at radius 3 is 2.62 bits per heavy atom. The second-order valence-corrected chi connectivity index (χ2v) is 5.81. The Kier molecular flexibility index (Phi) is 4.79. The number of allylic oxidation sites excluding steroid dienone is 1. The average Bonchev–Trinajstić information content (AvgIpc) is 3.22. The molecular formula is C19H18FN5O. The summed E-state index contributed by atoms with van der Waals surface area (Å²) in [4.78, 5) is 17.0. The van der Waals surface area contributed by atoms with E-state index in [1.165, 1.54) is 24.3 Å². The fourth-order valence-corrected chi connectivity index (χ4v) is 2.41. The van der Waals surface area contributed by atoms with E-state index in [1.54, 1.807) is 6.07 Å². The van der Waals surface area contributed by atoms with Crippen LogP contribution in [0.5, 0.6) is 0 Å². The van der Waals surface area contributed by atoms with Gasteiger partial charge in [-0.25, -0.2) is 9.38 Å². The number of hydrogen-bond acceptors (Lipinski definition) is 3. The number of halogens is 1. The number of carbonyl (C=O) groups excluding carboxylic acids is 1. The smallest absolute Gasteiger partial charge is 0.208 e. The second-order valence-electron chi connectivity index (χ2n) is 5.81. The summed E-state index contributed by atoms with van der Waals surface area (Å²) in [5.74, 6) is 0.169. The van der Waals surface area contributed by atoms with Crippen LogP contribution in [0, 0.1) is 12.7 Å². The van der Waals surface area contributed by atoms with Gasteiger partial charge in [-0.3, -0.25) is 9.89 Å². The number of nitrogens with one attached hydrogen (secondary N) is 2. The van der Waals surface area contributed by atoms with Gasteiger partial charge in [-0.15, -0.1) is 0 Å². The van der Waals surface area contributed by atoms with Gasteiger partial charge in [0, 0.05) is 30.6 Å². The van der Waals surface area contributed by atoms with E-state index < -0.39 is 5.82 Å². The molecule has 26 heavy (non-hydrogen) atoms. The van der Waals surface area contributed by atoms with E-state index in [0.717, 1.165) is 11.4 Å². The molecule has 0 aliphatic rings. The summed E-state index contributed by atoms with van der Waals surface area (Å²) in [7, 11) is 1.87. The molecular weight excluding hydrogens is 333 g/mol. The summed E-state index contributed by atoms with van der Waals surface area (Å²) in [6, 6.07) is 10.8. The quantitative estimate of drug-likeness (QED) is 0.321. The molecule has 2 aromatic heterocycles. The molecule has 6 nitrogen and oxygen atoms in total. The lowest BCUT2D eigenvalue weighted by Crippen LogP contribution is -2.29. The van der Waals surface area contributed by atoms with Gasteiger partial charge in [-0.05, 0) is 43.3 Å². The molecule has 0 saturated heterocycles. The number of aromatic nitrogens is 3. The number of rotatable bonds is 5. The Morgan fingerprint density at radius 1 is 1.31 bits per heavy atom. The third-order valence-electron chi connectivity index (χ3n) is 3.75. The largest absolute Gasteiger partial charge is 0.348 e. The highest BCUT2D eigenvalue weighted by molar-refractivity contribution is 6.12. The van der Waals surface area contributed by atoms with Crippen LogP contribution in [-0.4, -0.2) is 26.4 Å². The first kappa shape index (κ1) is 17.3. The predicted molar refractivity (Wildman–Crippen MR) is 97.9 cm³/mol. The molecule has 132 valence electrons. The van der Waals surface area contributed by atoms with E-state index in [0.29, 0.717) is 17.2 Å². The summed E-state index contributed by atoms with van der Waals surface area (Å²) in [6.45, 7) is 5.68. The molecule has 0 saturated carbocycles. The first-order chi connectivity index (χ1) is 12.4. The number of nitrogens with zero attached hydrogens (tertiary/aromatic N) is 3. The Hall–Kier alpha value is -3.48. The number of Topliss-reactive ketones (excluding diaryl/α,β-unsaturated/α-hetero) is 1. The maximum absolute atomic E-state index is 13.1. The van der Waals surface area contributed by atoms with Crippen LogP contribution < -0.4 is 5.32 Å². The molecule has 2 N–H and O–H groups in total. The minimum Gasteiger partial charge on any atom is -0.348 e. The van der Waals surface area contributed by atoms with Crippen LogP contribution in [0.4, 0.5) is 10.2 Å². The highest BCUT2D eigenvalue weighted by atomic mass is 19.1. The molecule has 3 aromatic rings. The third kappa shape index (κ3) is 3.77. The van der Waals surface area contributed by atoms with Crippen LogP contribution in [0.15, 0.2) is 65.9 Å². The summed E-state index contributed by atoms with van der Waals surface area (Å²) < 4.78 is 14.9. The monoisotopic (exact) mass is 351 g/mol. The van der Waals surface area contributed by atoms with Crippen LogP contribution in [0.3, 0.4) is 0 Å². The van der Waals surface area contributed by atoms with Crippen molar-refractivity contribution in [3.05, 3.63) is 83.7 Å². The van der Waals surface area contributed by atoms with Crippen LogP contribution >= 0.6 is 0 Å². The number of H-pyrrole nitrogens is 1. The van der Waals surface area contributed by atoms with Gasteiger partial charge in [-0.1, -0.05) is 6.58 Å². The predicted octanol–water partition coefficient (Wildman–Crippen LogP) is 3.26. The van der Waals surface area contributed by atoms with Crippen LogP contribution in [-0.2, 0) is 7.05 Å². The van der Waals surface area contributed by atoms with Gasteiger partial charge in [0.15, 0.2) is 11.7 Å². The minimum atomic E-state index is -0.403. The van der Waals surface area contributed by atoms with E-state index in [1.807, 2.05) is 36.9 Å². The van der Waals surface area contributed by atoms with Crippen LogP contribution in [0.1, 0.15) is 21.7 Å². The molecule has 0 radical (unpaired) electrons. The van der Waals surface area contributed by atoms with Crippen molar-refractivity contribution >= 4 is 17.4 Å². The number of carbonyl (C=O) groups is 1. The molecule has 0 amide bonds. The molecule has 2 heterocycles. The summed E-state index contributed by atoms with van der Waals surface area (Å²) >= 11 is 0. The van der Waals surface area contributed by atoms with E-state index in [4.69, 9.17) is 0 Å². The number of aromatic amines is 1. The molecule has 0 fully saturated rings. The lowest BCUT2D eigenvalue weighted by atomic mass is 10.1. The first-order valence-electron chi connectivity index (χ1n) is 7.92. The lowest BCUT2D eigenvalue weighted by Gasteiger charge is -2.12. The second kappa shape index (κ2) is 7.18. The topological polar surface area (TPSA) is 75.1 Å². The molecule has 0 spiro atoms. The molecule has 0 bridgehead atoms. The number of benzene rings is 1. The minimum absolute atomic E-state index is 0.129. The van der Waals surface area contributed by atoms with Gasteiger partial charge in [-0.2, -0.15) is 5.10 Å². The molecule has 0 atom stereocenters. The highest BCUT2D eigenvalue weighted by Gasteiger charge is 2.15. The van der Waals surface area contributed by atoms with E-state index in [-0.39, 0.29) is 11.5 Å². The molecule has 0 unspecified atom stereocenters. The summed E-state index contributed by atoms with van der Waals surface area (Å²) in [5.41, 5.74) is 2.10. The maximum atomic E-state index is 13.1. The maximum Gasteiger partial charge on any atom is 0.208 e. The Balaban J connectivity index is 1.89. The van der Waals surface area contributed by atoms with Crippen molar-refractivity contribution in [1.82, 2.24) is 20.1 Å². The number of ketones is 1. The van der Waals surface area contributed by atoms with Gasteiger partial charge in [0.2, 0.25) is 5.78 Å². The molecule has 7 heteroatoms.